The topological polar surface area (TPSA) is 89.9 Å². The van der Waals surface area contributed by atoms with Gasteiger partial charge in [-0.25, -0.2) is 9.78 Å². The van der Waals surface area contributed by atoms with E-state index >= 15 is 0 Å². The number of carbonyl (C=O) groups excluding carboxylic acids is 1. The highest BCUT2D eigenvalue weighted by atomic mass is 35.5. The van der Waals surface area contributed by atoms with E-state index in [0.717, 1.165) is 0 Å². The normalized spacial score (nSPS) is 22.4. The van der Waals surface area contributed by atoms with Gasteiger partial charge in [0, 0.05) is 0 Å². The van der Waals surface area contributed by atoms with Crippen molar-refractivity contribution in [3.63, 3.8) is 0 Å². The number of carbonyl (C=O) groups is 1. The molecule has 7 heteroatoms. The van der Waals surface area contributed by atoms with E-state index in [0.29, 0.717) is 11.4 Å². The number of esters is 1. The molecule has 1 aromatic rings. The van der Waals surface area contributed by atoms with Crippen LogP contribution < -0.4 is 5.73 Å². The molecule has 1 atom stereocenters. The maximum Gasteiger partial charge on any atom is 0.340 e. The zero-order valence-corrected chi connectivity index (χ0v) is 10.6. The maximum atomic E-state index is 11.8. The number of allylic oxidation sites excluding steroid dienone is 1. The molecule has 0 fully saturated rings. The highest BCUT2D eigenvalue weighted by Crippen LogP contribution is 2.36. The highest BCUT2D eigenvalue weighted by Gasteiger charge is 2.43. The Morgan fingerprint density at radius 1 is 1.50 bits per heavy atom. The van der Waals surface area contributed by atoms with E-state index < -0.39 is 11.6 Å². The predicted octanol–water partition coefficient (Wildman–Crippen LogP) is 1.76. The third-order valence-electron chi connectivity index (χ3n) is 2.60. The first-order chi connectivity index (χ1) is 8.49. The van der Waals surface area contributed by atoms with Crippen LogP contribution in [0, 0.1) is 0 Å². The van der Waals surface area contributed by atoms with Gasteiger partial charge in [0.15, 0.2) is 0 Å². The first kappa shape index (κ1) is 12.7. The van der Waals surface area contributed by atoms with Gasteiger partial charge < -0.3 is 4.74 Å². The average molecular weight is 267 g/mol. The Morgan fingerprint density at radius 2 is 2.22 bits per heavy atom. The number of methoxy groups -OCH3 is 1. The minimum absolute atomic E-state index is 0.166. The van der Waals surface area contributed by atoms with Gasteiger partial charge in [-0.15, -0.1) is 0 Å². The van der Waals surface area contributed by atoms with Crippen molar-refractivity contribution >= 4 is 17.6 Å². The van der Waals surface area contributed by atoms with E-state index in [1.807, 2.05) is 0 Å². The highest BCUT2D eigenvalue weighted by molar-refractivity contribution is 6.29. The van der Waals surface area contributed by atoms with Crippen molar-refractivity contribution in [2.75, 3.05) is 7.11 Å². The van der Waals surface area contributed by atoms with Crippen LogP contribution in [0.4, 0.5) is 0 Å². The van der Waals surface area contributed by atoms with Gasteiger partial charge in [0.2, 0.25) is 5.66 Å². The summed E-state index contributed by atoms with van der Waals surface area (Å²) in [6.07, 6.45) is 0. The van der Waals surface area contributed by atoms with E-state index in [9.17, 15) is 4.79 Å². The number of azo groups is 1. The van der Waals surface area contributed by atoms with Crippen LogP contribution in [0.25, 0.3) is 0 Å². The fourth-order valence-corrected chi connectivity index (χ4v) is 1.90. The molecule has 2 rings (SSSR count). The molecule has 1 aliphatic rings. The first-order valence-corrected chi connectivity index (χ1v) is 5.51. The number of nitrogens with zero attached hydrogens (tertiary/aromatic N) is 3. The summed E-state index contributed by atoms with van der Waals surface area (Å²) in [7, 11) is 1.27. The van der Waals surface area contributed by atoms with Crippen LogP contribution in [-0.2, 0) is 15.2 Å². The predicted molar refractivity (Wildman–Crippen MR) is 64.7 cm³/mol. The molecule has 0 bridgehead atoms. The zero-order valence-electron chi connectivity index (χ0n) is 9.85. The molecule has 0 saturated carbocycles. The fraction of sp³-hybridized carbons (Fsp3) is 0.273. The third-order valence-corrected chi connectivity index (χ3v) is 2.81. The fourth-order valence-electron chi connectivity index (χ4n) is 1.73. The van der Waals surface area contributed by atoms with Crippen LogP contribution in [-0.4, -0.2) is 18.1 Å². The number of halogens is 1. The van der Waals surface area contributed by atoms with Crippen molar-refractivity contribution in [3.8, 4) is 0 Å². The second-order valence-corrected chi connectivity index (χ2v) is 4.15. The summed E-state index contributed by atoms with van der Waals surface area (Å²) in [6, 6.07) is 4.92. The summed E-state index contributed by atoms with van der Waals surface area (Å²) in [5, 5.41) is 8.02. The van der Waals surface area contributed by atoms with Crippen molar-refractivity contribution in [1.82, 2.24) is 4.98 Å². The first-order valence-electron chi connectivity index (χ1n) is 5.13. The van der Waals surface area contributed by atoms with Gasteiger partial charge >= 0.3 is 5.97 Å². The molecule has 18 heavy (non-hydrogen) atoms. The SMILES string of the molecule is COC(=O)C1=C(C)N=NC1(N)c1cccc(Cl)n1. The second kappa shape index (κ2) is 4.47. The minimum Gasteiger partial charge on any atom is -0.465 e. The summed E-state index contributed by atoms with van der Waals surface area (Å²) in [6.45, 7) is 1.63. The Hall–Kier alpha value is -1.79. The van der Waals surface area contributed by atoms with Gasteiger partial charge in [0.25, 0.3) is 0 Å². The number of rotatable bonds is 2. The van der Waals surface area contributed by atoms with Crippen LogP contribution in [0.2, 0.25) is 5.15 Å². The molecule has 2 N–H and O–H groups in total. The molecule has 0 radical (unpaired) electrons. The van der Waals surface area contributed by atoms with Crippen LogP contribution in [0.3, 0.4) is 0 Å². The van der Waals surface area contributed by atoms with Gasteiger partial charge in [-0.1, -0.05) is 17.7 Å². The van der Waals surface area contributed by atoms with Crippen LogP contribution in [0.1, 0.15) is 12.6 Å². The Bertz CT molecular complexity index is 570. The monoisotopic (exact) mass is 266 g/mol. The van der Waals surface area contributed by atoms with Crippen molar-refractivity contribution < 1.29 is 9.53 Å². The lowest BCUT2D eigenvalue weighted by Crippen LogP contribution is -2.39. The molecule has 2 heterocycles. The molecular formula is C11H11ClN4O2. The van der Waals surface area contributed by atoms with E-state index in [-0.39, 0.29) is 10.7 Å². The quantitative estimate of drug-likeness (QED) is 0.652. The molecule has 94 valence electrons. The van der Waals surface area contributed by atoms with Crippen LogP contribution in [0.5, 0.6) is 0 Å². The molecular weight excluding hydrogens is 256 g/mol. The van der Waals surface area contributed by atoms with Gasteiger partial charge in [0.05, 0.1) is 18.5 Å². The Morgan fingerprint density at radius 3 is 2.83 bits per heavy atom. The van der Waals surface area contributed by atoms with Gasteiger partial charge in [-0.3, -0.25) is 5.73 Å². The molecule has 0 spiro atoms. The Balaban J connectivity index is 2.55. The van der Waals surface area contributed by atoms with E-state index in [2.05, 4.69) is 15.2 Å². The molecule has 0 saturated heterocycles. The van der Waals surface area contributed by atoms with Crippen molar-refractivity contribution in [1.29, 1.82) is 0 Å². The van der Waals surface area contributed by atoms with Crippen LogP contribution >= 0.6 is 11.6 Å². The number of hydrogen-bond donors (Lipinski definition) is 1. The second-order valence-electron chi connectivity index (χ2n) is 3.76. The van der Waals surface area contributed by atoms with Crippen molar-refractivity contribution in [2.45, 2.75) is 12.6 Å². The lowest BCUT2D eigenvalue weighted by molar-refractivity contribution is -0.136. The standard InChI is InChI=1S/C11H11ClN4O2/c1-6-9(10(17)18-2)11(13,16-15-6)7-4-3-5-8(12)14-7/h3-5H,13H2,1-2H3. The summed E-state index contributed by atoms with van der Waals surface area (Å²) < 4.78 is 4.69. The number of nitrogens with two attached hydrogens (primary N) is 1. The molecule has 1 aromatic heterocycles. The summed E-state index contributed by atoms with van der Waals surface area (Å²) in [5.41, 5.74) is 5.60. The lowest BCUT2D eigenvalue weighted by atomic mass is 9.96. The van der Waals surface area contributed by atoms with E-state index in [1.165, 1.54) is 7.11 Å². The summed E-state index contributed by atoms with van der Waals surface area (Å²) in [5.74, 6) is -0.582. The van der Waals surface area contributed by atoms with E-state index in [4.69, 9.17) is 22.1 Å². The number of pyridine rings is 1. The largest absolute Gasteiger partial charge is 0.465 e. The number of ether oxygens (including phenoxy) is 1. The Kier molecular flexibility index (Phi) is 3.14. The van der Waals surface area contributed by atoms with Gasteiger partial charge in [-0.05, 0) is 19.1 Å². The number of aromatic nitrogens is 1. The van der Waals surface area contributed by atoms with Crippen molar-refractivity contribution in [2.24, 2.45) is 16.0 Å². The third kappa shape index (κ3) is 1.89. The summed E-state index contributed by atoms with van der Waals surface area (Å²) in [4.78, 5) is 15.8. The van der Waals surface area contributed by atoms with Crippen LogP contribution in [0.15, 0.2) is 39.7 Å². The molecule has 0 amide bonds. The summed E-state index contributed by atoms with van der Waals surface area (Å²) >= 11 is 5.81. The molecule has 0 aliphatic carbocycles. The molecule has 6 nitrogen and oxygen atoms in total. The molecule has 1 unspecified atom stereocenters. The molecule has 0 aromatic carbocycles. The van der Waals surface area contributed by atoms with Gasteiger partial charge in [-0.2, -0.15) is 10.2 Å². The van der Waals surface area contributed by atoms with Crippen molar-refractivity contribution in [3.05, 3.63) is 40.3 Å². The average Bonchev–Trinajstić information content (AvgIpc) is 2.66. The lowest BCUT2D eigenvalue weighted by Gasteiger charge is -2.21. The minimum atomic E-state index is -1.44. The Labute approximate surface area is 109 Å². The zero-order chi connectivity index (χ0) is 13.3. The van der Waals surface area contributed by atoms with Gasteiger partial charge in [0.1, 0.15) is 10.7 Å². The van der Waals surface area contributed by atoms with E-state index in [1.54, 1.807) is 25.1 Å². The maximum absolute atomic E-state index is 11.8. The molecule has 1 aliphatic heterocycles. The smallest absolute Gasteiger partial charge is 0.340 e. The number of hydrogen-bond acceptors (Lipinski definition) is 6.